The quantitative estimate of drug-likeness (QED) is 0.809. The molecule has 0 saturated heterocycles. The van der Waals surface area contributed by atoms with E-state index in [9.17, 15) is 9.18 Å². The number of aryl methyl sites for hydroxylation is 1. The molecule has 1 aromatic heterocycles. The Balaban J connectivity index is 2.18. The van der Waals surface area contributed by atoms with Crippen LogP contribution in [0.1, 0.15) is 11.4 Å². The van der Waals surface area contributed by atoms with Gasteiger partial charge in [0.2, 0.25) is 0 Å². The number of halogens is 1. The Hall–Kier alpha value is -2.53. The first-order valence-electron chi connectivity index (χ1n) is 7.42. The van der Waals surface area contributed by atoms with Gasteiger partial charge in [-0.05, 0) is 49.4 Å². The van der Waals surface area contributed by atoms with Crippen molar-refractivity contribution < 1.29 is 4.39 Å². The van der Waals surface area contributed by atoms with Crippen molar-refractivity contribution in [3.63, 3.8) is 0 Å². The molecule has 0 aliphatic rings. The molecule has 0 bridgehead atoms. The summed E-state index contributed by atoms with van der Waals surface area (Å²) in [7, 11) is 3.49. The number of hydrogen-bond donors (Lipinski definition) is 1. The van der Waals surface area contributed by atoms with E-state index in [0.717, 1.165) is 11.1 Å². The zero-order chi connectivity index (χ0) is 16.6. The van der Waals surface area contributed by atoms with E-state index >= 15 is 0 Å². The summed E-state index contributed by atoms with van der Waals surface area (Å²) < 4.78 is 15.3. The summed E-state index contributed by atoms with van der Waals surface area (Å²) in [5.41, 5.74) is 2.94. The zero-order valence-corrected chi connectivity index (χ0v) is 13.4. The largest absolute Gasteiger partial charge is 0.316 e. The standard InChI is InChI=1S/C18H18FN3O/c1-11-21-17-7-5-13(9-15(17)18(23)22(11)3)12-4-6-16(19)14(8-12)10-20-2/h4-9,20H,10H2,1-3H3. The minimum atomic E-state index is -0.239. The van der Waals surface area contributed by atoms with Crippen molar-refractivity contribution in [2.75, 3.05) is 7.05 Å². The van der Waals surface area contributed by atoms with Gasteiger partial charge in [-0.15, -0.1) is 0 Å². The second-order valence-electron chi connectivity index (χ2n) is 5.59. The Kier molecular flexibility index (Phi) is 3.96. The smallest absolute Gasteiger partial charge is 0.261 e. The van der Waals surface area contributed by atoms with E-state index in [4.69, 9.17) is 0 Å². The van der Waals surface area contributed by atoms with E-state index in [-0.39, 0.29) is 11.4 Å². The van der Waals surface area contributed by atoms with Crippen LogP contribution in [0.3, 0.4) is 0 Å². The van der Waals surface area contributed by atoms with Crippen molar-refractivity contribution in [1.82, 2.24) is 14.9 Å². The van der Waals surface area contributed by atoms with Gasteiger partial charge in [0.05, 0.1) is 10.9 Å². The fourth-order valence-corrected chi connectivity index (χ4v) is 2.64. The van der Waals surface area contributed by atoms with Gasteiger partial charge in [0.15, 0.2) is 0 Å². The molecule has 0 radical (unpaired) electrons. The zero-order valence-electron chi connectivity index (χ0n) is 13.4. The predicted molar refractivity (Wildman–Crippen MR) is 89.9 cm³/mol. The first-order chi connectivity index (χ1) is 11.0. The molecule has 0 unspecified atom stereocenters. The summed E-state index contributed by atoms with van der Waals surface area (Å²) in [5, 5.41) is 3.52. The summed E-state index contributed by atoms with van der Waals surface area (Å²) in [6, 6.07) is 10.5. The van der Waals surface area contributed by atoms with Crippen LogP contribution in [0.25, 0.3) is 22.0 Å². The summed E-state index contributed by atoms with van der Waals surface area (Å²) in [4.78, 5) is 16.8. The molecule has 3 aromatic rings. The number of fused-ring (bicyclic) bond motifs is 1. The van der Waals surface area contributed by atoms with Gasteiger partial charge in [-0.3, -0.25) is 9.36 Å². The van der Waals surface area contributed by atoms with Crippen LogP contribution in [0.5, 0.6) is 0 Å². The van der Waals surface area contributed by atoms with Crippen LogP contribution in [0.15, 0.2) is 41.2 Å². The number of hydrogen-bond acceptors (Lipinski definition) is 3. The molecule has 4 nitrogen and oxygen atoms in total. The topological polar surface area (TPSA) is 46.9 Å². The molecule has 5 heteroatoms. The van der Waals surface area contributed by atoms with Crippen LogP contribution in [0.4, 0.5) is 4.39 Å². The Morgan fingerprint density at radius 1 is 1.17 bits per heavy atom. The minimum absolute atomic E-state index is 0.0769. The van der Waals surface area contributed by atoms with E-state index in [1.807, 2.05) is 18.2 Å². The summed E-state index contributed by atoms with van der Waals surface area (Å²) in [6.45, 7) is 2.26. The highest BCUT2D eigenvalue weighted by molar-refractivity contribution is 5.84. The third-order valence-electron chi connectivity index (χ3n) is 4.05. The molecule has 1 heterocycles. The lowest BCUT2D eigenvalue weighted by Crippen LogP contribution is -2.20. The number of benzene rings is 2. The Bertz CT molecular complexity index is 947. The molecule has 0 aliphatic carbocycles. The lowest BCUT2D eigenvalue weighted by molar-refractivity contribution is 0.601. The van der Waals surface area contributed by atoms with Gasteiger partial charge in [-0.1, -0.05) is 12.1 Å². The molecule has 0 amide bonds. The van der Waals surface area contributed by atoms with Crippen LogP contribution in [-0.4, -0.2) is 16.6 Å². The first kappa shape index (κ1) is 15.4. The maximum absolute atomic E-state index is 13.8. The Morgan fingerprint density at radius 2 is 1.87 bits per heavy atom. The van der Waals surface area contributed by atoms with Crippen LogP contribution in [-0.2, 0) is 13.6 Å². The van der Waals surface area contributed by atoms with Gasteiger partial charge in [0.25, 0.3) is 5.56 Å². The van der Waals surface area contributed by atoms with E-state index in [0.29, 0.717) is 28.8 Å². The maximum atomic E-state index is 13.8. The third kappa shape index (κ3) is 2.75. The van der Waals surface area contributed by atoms with Gasteiger partial charge in [0, 0.05) is 19.2 Å². The first-order valence-corrected chi connectivity index (χ1v) is 7.42. The number of rotatable bonds is 3. The number of nitrogens with one attached hydrogen (secondary N) is 1. The Labute approximate surface area is 133 Å². The fourth-order valence-electron chi connectivity index (χ4n) is 2.64. The predicted octanol–water partition coefficient (Wildman–Crippen LogP) is 2.77. The van der Waals surface area contributed by atoms with Crippen molar-refractivity contribution in [3.05, 3.63) is 64.0 Å². The lowest BCUT2D eigenvalue weighted by atomic mass is 10.0. The fraction of sp³-hybridized carbons (Fsp3) is 0.222. The highest BCUT2D eigenvalue weighted by atomic mass is 19.1. The van der Waals surface area contributed by atoms with Gasteiger partial charge < -0.3 is 5.32 Å². The molecule has 0 spiro atoms. The van der Waals surface area contributed by atoms with Gasteiger partial charge >= 0.3 is 0 Å². The van der Waals surface area contributed by atoms with Gasteiger partial charge in [0.1, 0.15) is 11.6 Å². The molecular weight excluding hydrogens is 293 g/mol. The van der Waals surface area contributed by atoms with Gasteiger partial charge in [-0.2, -0.15) is 0 Å². The van der Waals surface area contributed by atoms with Crippen molar-refractivity contribution in [2.45, 2.75) is 13.5 Å². The molecule has 0 fully saturated rings. The summed E-state index contributed by atoms with van der Waals surface area (Å²) >= 11 is 0. The van der Waals surface area contributed by atoms with Crippen molar-refractivity contribution in [1.29, 1.82) is 0 Å². The normalized spacial score (nSPS) is 11.1. The second kappa shape index (κ2) is 5.93. The maximum Gasteiger partial charge on any atom is 0.261 e. The molecule has 0 saturated carbocycles. The third-order valence-corrected chi connectivity index (χ3v) is 4.05. The molecule has 118 valence electrons. The second-order valence-corrected chi connectivity index (χ2v) is 5.59. The highest BCUT2D eigenvalue weighted by Gasteiger charge is 2.09. The molecule has 2 aromatic carbocycles. The van der Waals surface area contributed by atoms with E-state index < -0.39 is 0 Å². The SMILES string of the molecule is CNCc1cc(-c2ccc3nc(C)n(C)c(=O)c3c2)ccc1F. The van der Waals surface area contributed by atoms with Crippen LogP contribution < -0.4 is 10.9 Å². The van der Waals surface area contributed by atoms with Crippen LogP contribution in [0.2, 0.25) is 0 Å². The molecule has 3 rings (SSSR count). The summed E-state index contributed by atoms with van der Waals surface area (Å²) in [6.07, 6.45) is 0. The number of aromatic nitrogens is 2. The van der Waals surface area contributed by atoms with E-state index in [1.165, 1.54) is 10.6 Å². The van der Waals surface area contributed by atoms with Crippen LogP contribution in [0, 0.1) is 12.7 Å². The molecule has 0 atom stereocenters. The average molecular weight is 311 g/mol. The average Bonchev–Trinajstić information content (AvgIpc) is 2.55. The van der Waals surface area contributed by atoms with E-state index in [2.05, 4.69) is 10.3 Å². The Morgan fingerprint density at radius 3 is 2.61 bits per heavy atom. The van der Waals surface area contributed by atoms with Gasteiger partial charge in [-0.25, -0.2) is 9.37 Å². The van der Waals surface area contributed by atoms with E-state index in [1.54, 1.807) is 33.2 Å². The molecule has 23 heavy (non-hydrogen) atoms. The molecule has 0 aliphatic heterocycles. The minimum Gasteiger partial charge on any atom is -0.316 e. The highest BCUT2D eigenvalue weighted by Crippen LogP contribution is 2.24. The van der Waals surface area contributed by atoms with Crippen molar-refractivity contribution in [2.24, 2.45) is 7.05 Å². The van der Waals surface area contributed by atoms with Crippen molar-refractivity contribution >= 4 is 10.9 Å². The molecule has 1 N–H and O–H groups in total. The number of nitrogens with zero attached hydrogens (tertiary/aromatic N) is 2. The van der Waals surface area contributed by atoms with Crippen molar-refractivity contribution in [3.8, 4) is 11.1 Å². The monoisotopic (exact) mass is 311 g/mol. The molecular formula is C18H18FN3O. The lowest BCUT2D eigenvalue weighted by Gasteiger charge is -2.09. The summed E-state index contributed by atoms with van der Waals surface area (Å²) in [5.74, 6) is 0.436. The van der Waals surface area contributed by atoms with Crippen LogP contribution >= 0.6 is 0 Å².